The molecule has 0 fully saturated rings. The Balaban J connectivity index is 2.03. The molecule has 8 heteroatoms. The van der Waals surface area contributed by atoms with Crippen molar-refractivity contribution in [1.29, 1.82) is 0 Å². The summed E-state index contributed by atoms with van der Waals surface area (Å²) in [7, 11) is 0. The fraction of sp³-hybridized carbons (Fsp3) is 0. The molecule has 0 radical (unpaired) electrons. The van der Waals surface area contributed by atoms with Gasteiger partial charge in [-0.3, -0.25) is 0 Å². The van der Waals surface area contributed by atoms with Gasteiger partial charge in [-0.25, -0.2) is 5.43 Å². The second kappa shape index (κ2) is 4.26. The van der Waals surface area contributed by atoms with Gasteiger partial charge in [0.15, 0.2) is 0 Å². The Kier molecular flexibility index (Phi) is 2.63. The number of anilines is 1. The van der Waals surface area contributed by atoms with E-state index in [-0.39, 0.29) is 11.7 Å². The normalized spacial score (nSPS) is 10.8. The maximum Gasteiger partial charge on any atom is 0.283 e. The Morgan fingerprint density at radius 2 is 2.38 bits per heavy atom. The van der Waals surface area contributed by atoms with Gasteiger partial charge in [0.25, 0.3) is 5.95 Å². The van der Waals surface area contributed by atoms with E-state index < -0.39 is 5.75 Å². The summed E-state index contributed by atoms with van der Waals surface area (Å²) in [4.78, 5) is 0. The number of nitrogens with zero attached hydrogens (tertiary/aromatic N) is 4. The minimum Gasteiger partial charge on any atom is -0.870 e. The molecule has 1 aromatic carbocycles. The van der Waals surface area contributed by atoms with Gasteiger partial charge in [-0.15, -0.1) is 5.10 Å². The summed E-state index contributed by atoms with van der Waals surface area (Å²) >= 11 is 0. The van der Waals surface area contributed by atoms with Gasteiger partial charge < -0.3 is 10.2 Å². The Hall–Kier alpha value is -2.64. The number of aromatic nitrogens is 4. The Morgan fingerprint density at radius 1 is 1.50 bits per heavy atom. The molecule has 2 aromatic rings. The van der Waals surface area contributed by atoms with Crippen LogP contribution in [0.15, 0.2) is 23.3 Å². The first kappa shape index (κ1) is 9.90. The van der Waals surface area contributed by atoms with Crippen molar-refractivity contribution in [3.8, 4) is 11.5 Å². The third-order valence-electron chi connectivity index (χ3n) is 1.71. The van der Waals surface area contributed by atoms with Crippen molar-refractivity contribution in [1.82, 2.24) is 20.6 Å². The number of aromatic amines is 1. The first-order valence-electron chi connectivity index (χ1n) is 4.28. The molecule has 0 unspecified atom stereocenters. The smallest absolute Gasteiger partial charge is 0.283 e. The number of hydrogen-bond donors (Lipinski definition) is 3. The lowest BCUT2D eigenvalue weighted by molar-refractivity contribution is -0.270. The molecular formula is C8H7N6O2-. The van der Waals surface area contributed by atoms with E-state index in [0.717, 1.165) is 0 Å². The van der Waals surface area contributed by atoms with Crippen LogP contribution < -0.4 is 10.5 Å². The van der Waals surface area contributed by atoms with Gasteiger partial charge in [0.05, 0.1) is 6.21 Å². The molecule has 2 rings (SSSR count). The second-order valence-electron chi connectivity index (χ2n) is 2.83. The van der Waals surface area contributed by atoms with Gasteiger partial charge in [-0.05, 0) is 16.8 Å². The van der Waals surface area contributed by atoms with Gasteiger partial charge >= 0.3 is 0 Å². The highest BCUT2D eigenvalue weighted by Gasteiger charge is 1.94. The molecule has 8 nitrogen and oxygen atoms in total. The quantitative estimate of drug-likeness (QED) is 0.469. The van der Waals surface area contributed by atoms with Gasteiger partial charge in [-0.1, -0.05) is 23.0 Å². The standard InChI is InChI=1S/C8H8N6O2/c15-6-2-1-5(3-7(6)16)4-9-10-8-11-13-14-12-8/h1-4,15-16H,(H2,10,11,12,13,14)/p-1/b9-4+. The molecule has 0 atom stereocenters. The van der Waals surface area contributed by atoms with Gasteiger partial charge in [-0.2, -0.15) is 10.3 Å². The molecule has 0 aliphatic carbocycles. The van der Waals surface area contributed by atoms with Crippen molar-refractivity contribution >= 4 is 12.2 Å². The van der Waals surface area contributed by atoms with E-state index in [0.29, 0.717) is 5.56 Å². The summed E-state index contributed by atoms with van der Waals surface area (Å²) in [6, 6.07) is 4.10. The van der Waals surface area contributed by atoms with Crippen molar-refractivity contribution in [2.24, 2.45) is 5.10 Å². The number of phenols is 1. The maximum absolute atomic E-state index is 10.9. The molecule has 1 aromatic heterocycles. The van der Waals surface area contributed by atoms with Crippen LogP contribution in [0.5, 0.6) is 11.5 Å². The summed E-state index contributed by atoms with van der Waals surface area (Å²) in [5.41, 5.74) is 3.08. The van der Waals surface area contributed by atoms with Crippen LogP contribution in [0.25, 0.3) is 0 Å². The lowest BCUT2D eigenvalue weighted by Gasteiger charge is -2.07. The zero-order valence-corrected chi connectivity index (χ0v) is 7.95. The first-order valence-corrected chi connectivity index (χ1v) is 4.28. The van der Waals surface area contributed by atoms with Crippen molar-refractivity contribution in [3.05, 3.63) is 23.8 Å². The van der Waals surface area contributed by atoms with Gasteiger partial charge in [0.1, 0.15) is 5.75 Å². The Labute approximate surface area is 89.6 Å². The molecule has 1 heterocycles. The average molecular weight is 219 g/mol. The van der Waals surface area contributed by atoms with E-state index in [1.165, 1.54) is 24.4 Å². The van der Waals surface area contributed by atoms with Crippen molar-refractivity contribution in [2.75, 3.05) is 5.43 Å². The monoisotopic (exact) mass is 219 g/mol. The molecule has 0 spiro atoms. The molecule has 0 saturated carbocycles. The number of phenolic OH excluding ortho intramolecular Hbond substituents is 1. The number of hydrogen-bond acceptors (Lipinski definition) is 7. The predicted octanol–water partition coefficient (Wildman–Crippen LogP) is -0.575. The van der Waals surface area contributed by atoms with Crippen molar-refractivity contribution < 1.29 is 10.2 Å². The second-order valence-corrected chi connectivity index (χ2v) is 2.83. The molecule has 0 aliphatic heterocycles. The lowest BCUT2D eigenvalue weighted by atomic mass is 10.2. The summed E-state index contributed by atoms with van der Waals surface area (Å²) in [6.45, 7) is 0. The topological polar surface area (TPSA) is 122 Å². The highest BCUT2D eigenvalue weighted by molar-refractivity contribution is 5.81. The number of aromatic hydroxyl groups is 1. The third kappa shape index (κ3) is 2.23. The van der Waals surface area contributed by atoms with Crippen LogP contribution in [0.1, 0.15) is 5.56 Å². The third-order valence-corrected chi connectivity index (χ3v) is 1.71. The van der Waals surface area contributed by atoms with Crippen LogP contribution in [0.4, 0.5) is 5.95 Å². The van der Waals surface area contributed by atoms with Crippen LogP contribution in [0.3, 0.4) is 0 Å². The maximum atomic E-state index is 10.9. The van der Waals surface area contributed by atoms with E-state index >= 15 is 0 Å². The van der Waals surface area contributed by atoms with Crippen LogP contribution in [0.2, 0.25) is 0 Å². The van der Waals surface area contributed by atoms with Gasteiger partial charge in [0.2, 0.25) is 0 Å². The van der Waals surface area contributed by atoms with E-state index in [2.05, 4.69) is 31.2 Å². The van der Waals surface area contributed by atoms with Crippen LogP contribution >= 0.6 is 0 Å². The minimum atomic E-state index is -0.428. The summed E-state index contributed by atoms with van der Waals surface area (Å²) in [5.74, 6) is -0.521. The number of rotatable bonds is 3. The van der Waals surface area contributed by atoms with Crippen LogP contribution in [-0.4, -0.2) is 31.9 Å². The van der Waals surface area contributed by atoms with E-state index in [4.69, 9.17) is 5.11 Å². The Morgan fingerprint density at radius 3 is 3.06 bits per heavy atom. The Bertz CT molecular complexity index is 495. The van der Waals surface area contributed by atoms with E-state index in [1.807, 2.05) is 0 Å². The zero-order chi connectivity index (χ0) is 11.4. The average Bonchev–Trinajstić information content (AvgIpc) is 2.76. The molecule has 0 saturated heterocycles. The van der Waals surface area contributed by atoms with E-state index in [9.17, 15) is 5.11 Å². The fourth-order valence-electron chi connectivity index (χ4n) is 0.988. The molecular weight excluding hydrogens is 212 g/mol. The highest BCUT2D eigenvalue weighted by Crippen LogP contribution is 2.21. The molecule has 0 amide bonds. The lowest BCUT2D eigenvalue weighted by Crippen LogP contribution is -1.94. The number of tetrazole rings is 1. The molecule has 0 bridgehead atoms. The molecule has 16 heavy (non-hydrogen) atoms. The van der Waals surface area contributed by atoms with E-state index in [1.54, 1.807) is 0 Å². The van der Waals surface area contributed by atoms with Crippen LogP contribution in [0, 0.1) is 0 Å². The zero-order valence-electron chi connectivity index (χ0n) is 7.95. The fourth-order valence-corrected chi connectivity index (χ4v) is 0.988. The SMILES string of the molecule is [O-]c1ccc(/C=N/Nc2nn[nH]n2)cc1O. The highest BCUT2D eigenvalue weighted by atomic mass is 16.3. The minimum absolute atomic E-state index is 0.223. The summed E-state index contributed by atoms with van der Waals surface area (Å²) in [6.07, 6.45) is 1.41. The summed E-state index contributed by atoms with van der Waals surface area (Å²) in [5, 5.41) is 36.6. The van der Waals surface area contributed by atoms with Crippen molar-refractivity contribution in [2.45, 2.75) is 0 Å². The molecule has 0 aliphatic rings. The largest absolute Gasteiger partial charge is 0.870 e. The number of nitrogens with one attached hydrogen (secondary N) is 2. The predicted molar refractivity (Wildman–Crippen MR) is 52.9 cm³/mol. The number of H-pyrrole nitrogens is 1. The van der Waals surface area contributed by atoms with Crippen molar-refractivity contribution in [3.63, 3.8) is 0 Å². The van der Waals surface area contributed by atoms with Gasteiger partial charge in [0, 0.05) is 0 Å². The summed E-state index contributed by atoms with van der Waals surface area (Å²) < 4.78 is 0. The molecule has 3 N–H and O–H groups in total. The molecule has 82 valence electrons. The number of benzene rings is 1. The van der Waals surface area contributed by atoms with Crippen LogP contribution in [-0.2, 0) is 0 Å². The first-order chi connectivity index (χ1) is 7.75. The number of hydrazone groups is 1.